The Kier molecular flexibility index (Phi) is 2.50. The molecule has 0 saturated carbocycles. The number of aryl methyl sites for hydroxylation is 1. The molecule has 0 aromatic carbocycles. The summed E-state index contributed by atoms with van der Waals surface area (Å²) in [5, 5.41) is 8.46. The standard InChI is InChI=1S/C8H12N2O2/c1-5-2-3-7(10-5)6(9)4-8(11)12/h2-3,6,10H,4,9H2,1H3,(H,11,12)/t6-/m0/s1. The van der Waals surface area contributed by atoms with E-state index in [1.54, 1.807) is 0 Å². The van der Waals surface area contributed by atoms with Crippen LogP contribution in [0.3, 0.4) is 0 Å². The van der Waals surface area contributed by atoms with Crippen molar-refractivity contribution in [2.45, 2.75) is 19.4 Å². The summed E-state index contributed by atoms with van der Waals surface area (Å²) in [5.74, 6) is -0.880. The van der Waals surface area contributed by atoms with Gasteiger partial charge in [-0.1, -0.05) is 0 Å². The van der Waals surface area contributed by atoms with Crippen molar-refractivity contribution in [3.63, 3.8) is 0 Å². The Hall–Kier alpha value is -1.29. The van der Waals surface area contributed by atoms with Gasteiger partial charge in [0.15, 0.2) is 0 Å². The van der Waals surface area contributed by atoms with Gasteiger partial charge in [0.1, 0.15) is 0 Å². The van der Waals surface area contributed by atoms with Gasteiger partial charge < -0.3 is 15.8 Å². The number of aliphatic carboxylic acids is 1. The molecule has 4 heteroatoms. The van der Waals surface area contributed by atoms with Crippen LogP contribution < -0.4 is 5.73 Å². The van der Waals surface area contributed by atoms with E-state index in [2.05, 4.69) is 4.98 Å². The molecule has 1 atom stereocenters. The molecular weight excluding hydrogens is 156 g/mol. The Morgan fingerprint density at radius 3 is 2.83 bits per heavy atom. The molecule has 0 unspecified atom stereocenters. The highest BCUT2D eigenvalue weighted by molar-refractivity contribution is 5.67. The average Bonchev–Trinajstić information content (AvgIpc) is 2.34. The molecule has 1 heterocycles. The molecule has 0 fully saturated rings. The zero-order valence-electron chi connectivity index (χ0n) is 6.87. The zero-order chi connectivity index (χ0) is 9.14. The van der Waals surface area contributed by atoms with Gasteiger partial charge in [-0.15, -0.1) is 0 Å². The predicted octanol–water partition coefficient (Wildman–Crippen LogP) is 0.798. The molecule has 1 aromatic heterocycles. The van der Waals surface area contributed by atoms with Gasteiger partial charge in [0.25, 0.3) is 0 Å². The number of hydrogen-bond donors (Lipinski definition) is 3. The maximum Gasteiger partial charge on any atom is 0.305 e. The molecule has 4 nitrogen and oxygen atoms in total. The molecule has 66 valence electrons. The number of carboxylic acids is 1. The molecule has 0 aliphatic heterocycles. The molecule has 0 aliphatic rings. The number of nitrogens with two attached hydrogens (primary N) is 1. The van der Waals surface area contributed by atoms with Crippen LogP contribution in [0, 0.1) is 6.92 Å². The Bertz CT molecular complexity index is 280. The minimum Gasteiger partial charge on any atom is -0.481 e. The van der Waals surface area contributed by atoms with Crippen LogP contribution in [-0.4, -0.2) is 16.1 Å². The van der Waals surface area contributed by atoms with Gasteiger partial charge in [-0.2, -0.15) is 0 Å². The fourth-order valence-electron chi connectivity index (χ4n) is 1.04. The number of carboxylic acid groups (broad SMARTS) is 1. The van der Waals surface area contributed by atoms with Crippen molar-refractivity contribution in [3.05, 3.63) is 23.5 Å². The highest BCUT2D eigenvalue weighted by atomic mass is 16.4. The van der Waals surface area contributed by atoms with E-state index < -0.39 is 12.0 Å². The van der Waals surface area contributed by atoms with Crippen LogP contribution in [0.15, 0.2) is 12.1 Å². The third kappa shape index (κ3) is 2.10. The minimum atomic E-state index is -0.880. The van der Waals surface area contributed by atoms with Crippen molar-refractivity contribution in [1.29, 1.82) is 0 Å². The summed E-state index contributed by atoms with van der Waals surface area (Å²) in [6, 6.07) is 3.25. The number of aromatic nitrogens is 1. The van der Waals surface area contributed by atoms with E-state index in [4.69, 9.17) is 10.8 Å². The van der Waals surface area contributed by atoms with E-state index in [0.717, 1.165) is 11.4 Å². The van der Waals surface area contributed by atoms with Crippen LogP contribution in [0.2, 0.25) is 0 Å². The number of H-pyrrole nitrogens is 1. The van der Waals surface area contributed by atoms with Crippen LogP contribution >= 0.6 is 0 Å². The van der Waals surface area contributed by atoms with E-state index in [-0.39, 0.29) is 6.42 Å². The number of hydrogen-bond acceptors (Lipinski definition) is 2. The van der Waals surface area contributed by atoms with Crippen LogP contribution in [0.1, 0.15) is 23.9 Å². The molecule has 0 saturated heterocycles. The summed E-state index contributed by atoms with van der Waals surface area (Å²) < 4.78 is 0. The second-order valence-electron chi connectivity index (χ2n) is 2.80. The Labute approximate surface area is 70.4 Å². The third-order valence-electron chi connectivity index (χ3n) is 1.65. The number of rotatable bonds is 3. The van der Waals surface area contributed by atoms with Crippen molar-refractivity contribution in [1.82, 2.24) is 4.98 Å². The molecule has 12 heavy (non-hydrogen) atoms. The molecular formula is C8H12N2O2. The van der Waals surface area contributed by atoms with E-state index in [9.17, 15) is 4.79 Å². The van der Waals surface area contributed by atoms with Crippen LogP contribution in [0.4, 0.5) is 0 Å². The van der Waals surface area contributed by atoms with E-state index in [1.165, 1.54) is 0 Å². The van der Waals surface area contributed by atoms with Crippen molar-refractivity contribution in [2.75, 3.05) is 0 Å². The Morgan fingerprint density at radius 2 is 2.42 bits per heavy atom. The first-order valence-corrected chi connectivity index (χ1v) is 3.72. The van der Waals surface area contributed by atoms with Crippen LogP contribution in [-0.2, 0) is 4.79 Å². The maximum absolute atomic E-state index is 10.3. The molecule has 1 aromatic rings. The lowest BCUT2D eigenvalue weighted by molar-refractivity contribution is -0.137. The highest BCUT2D eigenvalue weighted by Crippen LogP contribution is 2.12. The topological polar surface area (TPSA) is 79.1 Å². The zero-order valence-corrected chi connectivity index (χ0v) is 6.87. The summed E-state index contributed by atoms with van der Waals surface area (Å²) in [6.07, 6.45) is -0.0417. The van der Waals surface area contributed by atoms with Gasteiger partial charge in [0, 0.05) is 11.4 Å². The maximum atomic E-state index is 10.3. The number of aromatic amines is 1. The lowest BCUT2D eigenvalue weighted by atomic mass is 10.1. The quantitative estimate of drug-likeness (QED) is 0.624. The predicted molar refractivity (Wildman–Crippen MR) is 44.7 cm³/mol. The highest BCUT2D eigenvalue weighted by Gasteiger charge is 2.11. The first-order valence-electron chi connectivity index (χ1n) is 3.72. The van der Waals surface area contributed by atoms with Crippen molar-refractivity contribution in [3.8, 4) is 0 Å². The minimum absolute atomic E-state index is 0.0417. The van der Waals surface area contributed by atoms with Gasteiger partial charge in [0.05, 0.1) is 12.5 Å². The normalized spacial score (nSPS) is 12.8. The molecule has 0 spiro atoms. The van der Waals surface area contributed by atoms with E-state index in [0.29, 0.717) is 0 Å². The molecule has 0 bridgehead atoms. The molecule has 4 N–H and O–H groups in total. The third-order valence-corrected chi connectivity index (χ3v) is 1.65. The average molecular weight is 168 g/mol. The van der Waals surface area contributed by atoms with Crippen molar-refractivity contribution < 1.29 is 9.90 Å². The molecule has 1 rings (SSSR count). The van der Waals surface area contributed by atoms with Crippen LogP contribution in [0.5, 0.6) is 0 Å². The smallest absolute Gasteiger partial charge is 0.305 e. The summed E-state index contributed by atoms with van der Waals surface area (Å²) in [5.41, 5.74) is 7.36. The summed E-state index contributed by atoms with van der Waals surface area (Å²) in [6.45, 7) is 1.90. The second kappa shape index (κ2) is 3.40. The SMILES string of the molecule is Cc1ccc([C@@H](N)CC(=O)O)[nH]1. The van der Waals surface area contributed by atoms with Gasteiger partial charge >= 0.3 is 5.97 Å². The molecule has 0 amide bonds. The summed E-state index contributed by atoms with van der Waals surface area (Å²) >= 11 is 0. The second-order valence-corrected chi connectivity index (χ2v) is 2.80. The van der Waals surface area contributed by atoms with E-state index in [1.807, 2.05) is 19.1 Å². The van der Waals surface area contributed by atoms with Gasteiger partial charge in [-0.3, -0.25) is 4.79 Å². The van der Waals surface area contributed by atoms with Crippen molar-refractivity contribution >= 4 is 5.97 Å². The van der Waals surface area contributed by atoms with Crippen LogP contribution in [0.25, 0.3) is 0 Å². The van der Waals surface area contributed by atoms with E-state index >= 15 is 0 Å². The summed E-state index contributed by atoms with van der Waals surface area (Å²) in [7, 11) is 0. The Balaban J connectivity index is 2.64. The fourth-order valence-corrected chi connectivity index (χ4v) is 1.04. The number of nitrogens with one attached hydrogen (secondary N) is 1. The summed E-state index contributed by atoms with van der Waals surface area (Å²) in [4.78, 5) is 13.3. The molecule has 0 aliphatic carbocycles. The van der Waals surface area contributed by atoms with Gasteiger partial charge in [-0.25, -0.2) is 0 Å². The first-order chi connectivity index (χ1) is 5.59. The fraction of sp³-hybridized carbons (Fsp3) is 0.375. The van der Waals surface area contributed by atoms with Gasteiger partial charge in [-0.05, 0) is 19.1 Å². The molecule has 0 radical (unpaired) electrons. The Morgan fingerprint density at radius 1 is 1.75 bits per heavy atom. The number of carbonyl (C=O) groups is 1. The lowest BCUT2D eigenvalue weighted by Crippen LogP contribution is -2.15. The van der Waals surface area contributed by atoms with Gasteiger partial charge in [0.2, 0.25) is 0 Å². The first kappa shape index (κ1) is 8.80. The monoisotopic (exact) mass is 168 g/mol. The lowest BCUT2D eigenvalue weighted by Gasteiger charge is -2.05. The van der Waals surface area contributed by atoms with Crippen molar-refractivity contribution in [2.24, 2.45) is 5.73 Å². The largest absolute Gasteiger partial charge is 0.481 e.